The van der Waals surface area contributed by atoms with E-state index >= 15 is 0 Å². The van der Waals surface area contributed by atoms with Gasteiger partial charge in [0.25, 0.3) is 0 Å². The Kier molecular flexibility index (Phi) is 4.19. The summed E-state index contributed by atoms with van der Waals surface area (Å²) in [5.41, 5.74) is 5.78. The summed E-state index contributed by atoms with van der Waals surface area (Å²) in [4.78, 5) is 0. The van der Waals surface area contributed by atoms with Crippen molar-refractivity contribution >= 4 is 11.8 Å². The molecule has 0 radical (unpaired) electrons. The molecule has 2 atom stereocenters. The van der Waals surface area contributed by atoms with Crippen LogP contribution >= 0.6 is 11.8 Å². The molecule has 0 spiro atoms. The maximum Gasteiger partial charge on any atom is 0.416 e. The van der Waals surface area contributed by atoms with E-state index in [1.807, 2.05) is 0 Å². The smallest absolute Gasteiger partial charge is 0.375 e. The van der Waals surface area contributed by atoms with Crippen LogP contribution < -0.4 is 5.73 Å². The topological polar surface area (TPSA) is 35.2 Å². The van der Waals surface area contributed by atoms with Crippen molar-refractivity contribution in [2.75, 3.05) is 18.1 Å². The molecule has 1 saturated heterocycles. The van der Waals surface area contributed by atoms with Crippen molar-refractivity contribution in [3.63, 3.8) is 0 Å². The van der Waals surface area contributed by atoms with E-state index in [1.165, 1.54) is 6.07 Å². The van der Waals surface area contributed by atoms with Crippen molar-refractivity contribution in [1.29, 1.82) is 0 Å². The molecule has 1 aromatic carbocycles. The fourth-order valence-corrected chi connectivity index (χ4v) is 2.77. The molecule has 1 aliphatic rings. The zero-order valence-corrected chi connectivity index (χ0v) is 10.4. The molecule has 0 aromatic heterocycles. The third kappa shape index (κ3) is 3.18. The molecule has 0 amide bonds. The number of alkyl halides is 3. The number of halogens is 3. The van der Waals surface area contributed by atoms with E-state index in [0.29, 0.717) is 12.2 Å². The van der Waals surface area contributed by atoms with E-state index in [2.05, 4.69) is 0 Å². The Morgan fingerprint density at radius 1 is 1.39 bits per heavy atom. The van der Waals surface area contributed by atoms with Gasteiger partial charge in [0.1, 0.15) is 0 Å². The maximum absolute atomic E-state index is 12.6. The number of hydrogen-bond acceptors (Lipinski definition) is 3. The van der Waals surface area contributed by atoms with Gasteiger partial charge in [-0.05, 0) is 17.7 Å². The minimum Gasteiger partial charge on any atom is -0.375 e. The Morgan fingerprint density at radius 3 is 2.78 bits per heavy atom. The zero-order valence-electron chi connectivity index (χ0n) is 9.61. The van der Waals surface area contributed by atoms with Gasteiger partial charge >= 0.3 is 6.18 Å². The van der Waals surface area contributed by atoms with Crippen LogP contribution in [0.4, 0.5) is 13.2 Å². The highest BCUT2D eigenvalue weighted by atomic mass is 32.2. The Bertz CT molecular complexity index is 405. The Hall–Kier alpha value is -0.720. The number of thioether (sulfide) groups is 1. The monoisotopic (exact) mass is 277 g/mol. The van der Waals surface area contributed by atoms with Gasteiger partial charge < -0.3 is 10.5 Å². The van der Waals surface area contributed by atoms with Crippen LogP contribution in [-0.4, -0.2) is 24.2 Å². The van der Waals surface area contributed by atoms with Crippen molar-refractivity contribution in [3.05, 3.63) is 35.4 Å². The van der Waals surface area contributed by atoms with Gasteiger partial charge in [0.15, 0.2) is 0 Å². The first kappa shape index (κ1) is 13.7. The minimum absolute atomic E-state index is 0.216. The van der Waals surface area contributed by atoms with Crippen LogP contribution in [-0.2, 0) is 10.9 Å². The lowest BCUT2D eigenvalue weighted by atomic mass is 10.0. The second-order valence-electron chi connectivity index (χ2n) is 4.13. The highest BCUT2D eigenvalue weighted by molar-refractivity contribution is 7.99. The van der Waals surface area contributed by atoms with Crippen molar-refractivity contribution < 1.29 is 17.9 Å². The molecule has 0 saturated carbocycles. The predicted octanol–water partition coefficient (Wildman–Crippen LogP) is 2.84. The van der Waals surface area contributed by atoms with Crippen molar-refractivity contribution in [2.24, 2.45) is 5.73 Å². The van der Waals surface area contributed by atoms with Gasteiger partial charge in [-0.25, -0.2) is 0 Å². The lowest BCUT2D eigenvalue weighted by Gasteiger charge is -2.28. The van der Waals surface area contributed by atoms with Crippen LogP contribution in [0.5, 0.6) is 0 Å². The molecule has 0 bridgehead atoms. The highest BCUT2D eigenvalue weighted by Gasteiger charge is 2.31. The molecule has 2 nitrogen and oxygen atoms in total. The van der Waals surface area contributed by atoms with Gasteiger partial charge in [-0.3, -0.25) is 0 Å². The summed E-state index contributed by atoms with van der Waals surface area (Å²) in [7, 11) is 0. The standard InChI is InChI=1S/C12H14F3NOS/c13-12(14,15)9-3-1-2-8(6-9)11(16)10-7-18-5-4-17-10/h1-3,6,10-11H,4-5,7,16H2. The summed E-state index contributed by atoms with van der Waals surface area (Å²) in [5, 5.41) is 0. The molecule has 1 aliphatic heterocycles. The van der Waals surface area contributed by atoms with Crippen LogP contribution in [0.3, 0.4) is 0 Å². The SMILES string of the molecule is NC(c1cccc(C(F)(F)F)c1)C1CSCCO1. The van der Waals surface area contributed by atoms with E-state index in [-0.39, 0.29) is 6.10 Å². The molecule has 0 aliphatic carbocycles. The van der Waals surface area contributed by atoms with E-state index in [1.54, 1.807) is 17.8 Å². The maximum atomic E-state index is 12.6. The molecule has 2 unspecified atom stereocenters. The summed E-state index contributed by atoms with van der Waals surface area (Å²) in [6.07, 6.45) is -4.55. The molecule has 1 fully saturated rings. The van der Waals surface area contributed by atoms with Crippen LogP contribution in [0.2, 0.25) is 0 Å². The van der Waals surface area contributed by atoms with Crippen molar-refractivity contribution in [2.45, 2.75) is 18.3 Å². The van der Waals surface area contributed by atoms with E-state index in [9.17, 15) is 13.2 Å². The van der Waals surface area contributed by atoms with Crippen LogP contribution in [0.25, 0.3) is 0 Å². The van der Waals surface area contributed by atoms with Gasteiger partial charge in [0.2, 0.25) is 0 Å². The van der Waals surface area contributed by atoms with E-state index < -0.39 is 17.8 Å². The molecule has 18 heavy (non-hydrogen) atoms. The second kappa shape index (κ2) is 5.50. The van der Waals surface area contributed by atoms with Crippen LogP contribution in [0, 0.1) is 0 Å². The van der Waals surface area contributed by atoms with Gasteiger partial charge in [0.05, 0.1) is 24.3 Å². The zero-order chi connectivity index (χ0) is 13.2. The number of benzene rings is 1. The minimum atomic E-state index is -4.34. The highest BCUT2D eigenvalue weighted by Crippen LogP contribution is 2.32. The van der Waals surface area contributed by atoms with Gasteiger partial charge in [-0.1, -0.05) is 12.1 Å². The lowest BCUT2D eigenvalue weighted by Crippen LogP contribution is -2.34. The Labute approximate surface area is 108 Å². The number of hydrogen-bond donors (Lipinski definition) is 1. The number of ether oxygens (including phenoxy) is 1. The first-order valence-corrected chi connectivity index (χ1v) is 6.76. The van der Waals surface area contributed by atoms with Gasteiger partial charge in [-0.15, -0.1) is 0 Å². The molecule has 100 valence electrons. The molecule has 2 N–H and O–H groups in total. The first-order valence-electron chi connectivity index (χ1n) is 5.60. The number of nitrogens with two attached hydrogens (primary N) is 1. The van der Waals surface area contributed by atoms with Gasteiger partial charge in [0, 0.05) is 11.5 Å². The summed E-state index contributed by atoms with van der Waals surface area (Å²) in [6.45, 7) is 0.599. The van der Waals surface area contributed by atoms with Gasteiger partial charge in [-0.2, -0.15) is 24.9 Å². The molecule has 2 rings (SSSR count). The quantitative estimate of drug-likeness (QED) is 0.903. The van der Waals surface area contributed by atoms with Crippen LogP contribution in [0.1, 0.15) is 17.2 Å². The molecule has 1 heterocycles. The third-order valence-corrected chi connectivity index (χ3v) is 3.86. The molecule has 1 aromatic rings. The van der Waals surface area contributed by atoms with Crippen molar-refractivity contribution in [1.82, 2.24) is 0 Å². The fourth-order valence-electron chi connectivity index (χ4n) is 1.85. The Morgan fingerprint density at radius 2 is 2.17 bits per heavy atom. The fraction of sp³-hybridized carbons (Fsp3) is 0.500. The van der Waals surface area contributed by atoms with Crippen LogP contribution in [0.15, 0.2) is 24.3 Å². The summed E-state index contributed by atoms with van der Waals surface area (Å²) >= 11 is 1.71. The average Bonchev–Trinajstić information content (AvgIpc) is 2.38. The molecule has 6 heteroatoms. The average molecular weight is 277 g/mol. The van der Waals surface area contributed by atoms with Crippen molar-refractivity contribution in [3.8, 4) is 0 Å². The summed E-state index contributed by atoms with van der Waals surface area (Å²) in [6, 6.07) is 4.64. The summed E-state index contributed by atoms with van der Waals surface area (Å²) in [5.74, 6) is 1.63. The largest absolute Gasteiger partial charge is 0.416 e. The predicted molar refractivity (Wildman–Crippen MR) is 65.4 cm³/mol. The third-order valence-electron chi connectivity index (χ3n) is 2.84. The molecular formula is C12H14F3NOS. The lowest BCUT2D eigenvalue weighted by molar-refractivity contribution is -0.137. The van der Waals surface area contributed by atoms with E-state index in [0.717, 1.165) is 23.6 Å². The number of rotatable bonds is 2. The Balaban J connectivity index is 2.17. The molecular weight excluding hydrogens is 263 g/mol. The normalized spacial score (nSPS) is 22.8. The second-order valence-corrected chi connectivity index (χ2v) is 5.28. The first-order chi connectivity index (χ1) is 8.48. The summed E-state index contributed by atoms with van der Waals surface area (Å²) < 4.78 is 43.3. The van der Waals surface area contributed by atoms with E-state index in [4.69, 9.17) is 10.5 Å².